The lowest BCUT2D eigenvalue weighted by atomic mass is 10.1. The molecular formula is C24H19N3. The van der Waals surface area contributed by atoms with E-state index in [0.717, 1.165) is 38.8 Å². The van der Waals surface area contributed by atoms with Crippen LogP contribution in [0.15, 0.2) is 79.0 Å². The van der Waals surface area contributed by atoms with Gasteiger partial charge in [-0.1, -0.05) is 65.7 Å². The normalized spacial score (nSPS) is 11.3. The number of pyridine rings is 1. The Balaban J connectivity index is 1.88. The molecule has 27 heavy (non-hydrogen) atoms. The number of para-hydroxylation sites is 1. The first-order chi connectivity index (χ1) is 13.2. The van der Waals surface area contributed by atoms with Crippen LogP contribution in [-0.4, -0.2) is 14.8 Å². The predicted octanol–water partition coefficient (Wildman–Crippen LogP) is 5.86. The molecule has 5 aromatic rings. The van der Waals surface area contributed by atoms with Crippen LogP contribution in [0.4, 0.5) is 0 Å². The van der Waals surface area contributed by atoms with E-state index in [1.807, 2.05) is 23.0 Å². The van der Waals surface area contributed by atoms with Crippen LogP contribution >= 0.6 is 0 Å². The Morgan fingerprint density at radius 1 is 0.704 bits per heavy atom. The van der Waals surface area contributed by atoms with Crippen LogP contribution in [0.5, 0.6) is 0 Å². The van der Waals surface area contributed by atoms with Crippen molar-refractivity contribution in [2.75, 3.05) is 0 Å². The van der Waals surface area contributed by atoms with Gasteiger partial charge in [0.05, 0.1) is 16.7 Å². The van der Waals surface area contributed by atoms with Gasteiger partial charge in [-0.2, -0.15) is 5.10 Å². The van der Waals surface area contributed by atoms with Gasteiger partial charge >= 0.3 is 0 Å². The Bertz CT molecular complexity index is 1260. The topological polar surface area (TPSA) is 30.7 Å². The first-order valence-electron chi connectivity index (χ1n) is 9.11. The molecule has 3 heteroatoms. The van der Waals surface area contributed by atoms with Crippen molar-refractivity contribution >= 4 is 21.8 Å². The molecule has 2 heterocycles. The van der Waals surface area contributed by atoms with Crippen molar-refractivity contribution in [3.05, 3.63) is 90.1 Å². The molecule has 0 atom stereocenters. The van der Waals surface area contributed by atoms with E-state index in [1.165, 1.54) is 11.1 Å². The summed E-state index contributed by atoms with van der Waals surface area (Å²) in [7, 11) is 0. The van der Waals surface area contributed by atoms with Crippen molar-refractivity contribution in [3.8, 4) is 16.9 Å². The van der Waals surface area contributed by atoms with Gasteiger partial charge in [-0.05, 0) is 32.0 Å². The fourth-order valence-electron chi connectivity index (χ4n) is 3.53. The number of aryl methyl sites for hydroxylation is 2. The molecule has 0 unspecified atom stereocenters. The zero-order chi connectivity index (χ0) is 18.4. The van der Waals surface area contributed by atoms with Gasteiger partial charge in [-0.3, -0.25) is 4.98 Å². The molecule has 0 amide bonds. The average molecular weight is 349 g/mol. The van der Waals surface area contributed by atoms with Crippen molar-refractivity contribution in [2.24, 2.45) is 0 Å². The van der Waals surface area contributed by atoms with Crippen LogP contribution < -0.4 is 0 Å². The van der Waals surface area contributed by atoms with Gasteiger partial charge in [-0.25, -0.2) is 4.68 Å². The molecule has 0 bridgehead atoms. The average Bonchev–Trinajstić information content (AvgIpc) is 3.09. The molecule has 0 spiro atoms. The molecular weight excluding hydrogens is 330 g/mol. The number of nitrogens with zero attached hydrogens (tertiary/aromatic N) is 3. The fourth-order valence-corrected chi connectivity index (χ4v) is 3.53. The zero-order valence-corrected chi connectivity index (χ0v) is 15.3. The molecule has 0 fully saturated rings. The fraction of sp³-hybridized carbons (Fsp3) is 0.0833. The van der Waals surface area contributed by atoms with Crippen molar-refractivity contribution in [2.45, 2.75) is 13.8 Å². The van der Waals surface area contributed by atoms with Gasteiger partial charge < -0.3 is 0 Å². The van der Waals surface area contributed by atoms with E-state index in [1.54, 1.807) is 0 Å². The van der Waals surface area contributed by atoms with Gasteiger partial charge in [0.15, 0.2) is 0 Å². The maximum atomic E-state index is 5.02. The standard InChI is InChI=1S/C24H19N3/c1-16-7-11-18(12-8-16)23-21-15-25-22-6-4-3-5-20(22)24(21)27(26-23)19-13-9-17(2)10-14-19/h3-15H,1-2H3. The van der Waals surface area contributed by atoms with Gasteiger partial charge in [0.1, 0.15) is 5.69 Å². The summed E-state index contributed by atoms with van der Waals surface area (Å²) >= 11 is 0. The lowest BCUT2D eigenvalue weighted by Gasteiger charge is -2.06. The molecule has 0 aliphatic carbocycles. The molecule has 0 saturated carbocycles. The van der Waals surface area contributed by atoms with Crippen molar-refractivity contribution in [1.82, 2.24) is 14.8 Å². The summed E-state index contributed by atoms with van der Waals surface area (Å²) in [4.78, 5) is 4.68. The van der Waals surface area contributed by atoms with Gasteiger partial charge in [0.25, 0.3) is 0 Å². The zero-order valence-electron chi connectivity index (χ0n) is 15.3. The van der Waals surface area contributed by atoms with Crippen LogP contribution in [0.3, 0.4) is 0 Å². The van der Waals surface area contributed by atoms with Crippen LogP contribution in [0.1, 0.15) is 11.1 Å². The van der Waals surface area contributed by atoms with E-state index >= 15 is 0 Å². The summed E-state index contributed by atoms with van der Waals surface area (Å²) in [5, 5.41) is 7.20. The largest absolute Gasteiger partial charge is 0.255 e. The van der Waals surface area contributed by atoms with E-state index in [-0.39, 0.29) is 0 Å². The minimum atomic E-state index is 0.962. The highest BCUT2D eigenvalue weighted by Crippen LogP contribution is 2.33. The second kappa shape index (κ2) is 6.06. The lowest BCUT2D eigenvalue weighted by molar-refractivity contribution is 0.917. The van der Waals surface area contributed by atoms with Crippen molar-refractivity contribution < 1.29 is 0 Å². The maximum Gasteiger partial charge on any atom is 0.102 e. The Morgan fingerprint density at radius 3 is 2.11 bits per heavy atom. The number of aromatic nitrogens is 3. The third-order valence-corrected chi connectivity index (χ3v) is 5.02. The van der Waals surface area contributed by atoms with Crippen molar-refractivity contribution in [1.29, 1.82) is 0 Å². The summed E-state index contributed by atoms with van der Waals surface area (Å²) in [6.07, 6.45) is 1.95. The number of fused-ring (bicyclic) bond motifs is 3. The molecule has 3 nitrogen and oxygen atoms in total. The van der Waals surface area contributed by atoms with E-state index in [0.29, 0.717) is 0 Å². The molecule has 2 aromatic heterocycles. The van der Waals surface area contributed by atoms with Crippen LogP contribution in [-0.2, 0) is 0 Å². The molecule has 3 aromatic carbocycles. The highest BCUT2D eigenvalue weighted by atomic mass is 15.3. The predicted molar refractivity (Wildman–Crippen MR) is 111 cm³/mol. The van der Waals surface area contributed by atoms with Gasteiger partial charge in [0.2, 0.25) is 0 Å². The van der Waals surface area contributed by atoms with Crippen LogP contribution in [0.2, 0.25) is 0 Å². The van der Waals surface area contributed by atoms with Gasteiger partial charge in [0, 0.05) is 22.5 Å². The van der Waals surface area contributed by atoms with E-state index < -0.39 is 0 Å². The van der Waals surface area contributed by atoms with E-state index in [2.05, 4.69) is 79.5 Å². The molecule has 0 aliphatic heterocycles. The Hall–Kier alpha value is -3.46. The van der Waals surface area contributed by atoms with Crippen LogP contribution in [0, 0.1) is 13.8 Å². The quantitative estimate of drug-likeness (QED) is 0.400. The lowest BCUT2D eigenvalue weighted by Crippen LogP contribution is -1.97. The minimum absolute atomic E-state index is 0.962. The maximum absolute atomic E-state index is 5.02. The van der Waals surface area contributed by atoms with E-state index in [9.17, 15) is 0 Å². The third kappa shape index (κ3) is 2.59. The molecule has 5 rings (SSSR count). The second-order valence-corrected chi connectivity index (χ2v) is 7.00. The Labute approximate surface area is 157 Å². The first-order valence-corrected chi connectivity index (χ1v) is 9.11. The number of benzene rings is 3. The third-order valence-electron chi connectivity index (χ3n) is 5.02. The smallest absolute Gasteiger partial charge is 0.102 e. The molecule has 0 radical (unpaired) electrons. The number of hydrogen-bond donors (Lipinski definition) is 0. The second-order valence-electron chi connectivity index (χ2n) is 7.00. The summed E-state index contributed by atoms with van der Waals surface area (Å²) in [5.74, 6) is 0. The SMILES string of the molecule is Cc1ccc(-c2nn(-c3ccc(C)cc3)c3c2cnc2ccccc23)cc1. The van der Waals surface area contributed by atoms with Crippen LogP contribution in [0.25, 0.3) is 38.8 Å². The molecule has 0 aliphatic rings. The Kier molecular flexibility index (Phi) is 3.54. The summed E-state index contributed by atoms with van der Waals surface area (Å²) < 4.78 is 2.05. The summed E-state index contributed by atoms with van der Waals surface area (Å²) in [6.45, 7) is 4.20. The summed E-state index contributed by atoms with van der Waals surface area (Å²) in [5.41, 5.74) is 7.68. The molecule has 0 saturated heterocycles. The summed E-state index contributed by atoms with van der Waals surface area (Å²) in [6, 6.07) is 25.2. The minimum Gasteiger partial charge on any atom is -0.255 e. The number of hydrogen-bond acceptors (Lipinski definition) is 2. The first kappa shape index (κ1) is 15.8. The van der Waals surface area contributed by atoms with E-state index in [4.69, 9.17) is 5.10 Å². The van der Waals surface area contributed by atoms with Gasteiger partial charge in [-0.15, -0.1) is 0 Å². The van der Waals surface area contributed by atoms with Crippen molar-refractivity contribution in [3.63, 3.8) is 0 Å². The highest BCUT2D eigenvalue weighted by molar-refractivity contribution is 6.08. The molecule has 130 valence electrons. The highest BCUT2D eigenvalue weighted by Gasteiger charge is 2.16. The molecule has 0 N–H and O–H groups in total. The monoisotopic (exact) mass is 349 g/mol. The Morgan fingerprint density at radius 2 is 1.37 bits per heavy atom. The number of rotatable bonds is 2.